The summed E-state index contributed by atoms with van der Waals surface area (Å²) in [5, 5.41) is 0. The molecule has 0 fully saturated rings. The number of hydrogen-bond donors (Lipinski definition) is 0. The average molecular weight is 202 g/mol. The maximum Gasteiger partial charge on any atom is 0.302 e. The van der Waals surface area contributed by atoms with Gasteiger partial charge in [0.05, 0.1) is 0 Å². The molecule has 0 aliphatic rings. The molecule has 0 bridgehead atoms. The lowest BCUT2D eigenvalue weighted by Crippen LogP contribution is -2.14. The fraction of sp³-hybridized carbons (Fsp3) is 0.700. The highest BCUT2D eigenvalue weighted by Gasteiger charge is 2.01. The number of carbonyl (C=O) groups is 1. The summed E-state index contributed by atoms with van der Waals surface area (Å²) in [5.41, 5.74) is 0. The van der Waals surface area contributed by atoms with Crippen LogP contribution in [0, 0.1) is 0 Å². The first-order valence-electron chi connectivity index (χ1n) is 4.73. The molecule has 14 heavy (non-hydrogen) atoms. The number of rotatable bonds is 7. The lowest BCUT2D eigenvalue weighted by molar-refractivity contribution is -0.139. The highest BCUT2D eigenvalue weighted by atomic mass is 16.7. The lowest BCUT2D eigenvalue weighted by Gasteiger charge is -2.12. The summed E-state index contributed by atoms with van der Waals surface area (Å²) in [7, 11) is 0. The van der Waals surface area contributed by atoms with E-state index in [0.717, 1.165) is 0 Å². The van der Waals surface area contributed by atoms with Crippen molar-refractivity contribution in [2.24, 2.45) is 0 Å². The van der Waals surface area contributed by atoms with Crippen molar-refractivity contribution in [2.45, 2.75) is 27.1 Å². The standard InChI is InChI=1S/C10H18O4/c1-4-12-10(13-5-2)7-6-8-14-9(3)11/h6-7,10H,4-5,8H2,1-3H3. The van der Waals surface area contributed by atoms with E-state index in [4.69, 9.17) is 14.2 Å². The first kappa shape index (κ1) is 13.1. The molecule has 0 radical (unpaired) electrons. The van der Waals surface area contributed by atoms with Crippen LogP contribution in [0.5, 0.6) is 0 Å². The smallest absolute Gasteiger partial charge is 0.302 e. The molecule has 0 N–H and O–H groups in total. The predicted octanol–water partition coefficient (Wildman–Crippen LogP) is 1.50. The molecule has 0 heterocycles. The fourth-order valence-corrected chi connectivity index (χ4v) is 0.820. The van der Waals surface area contributed by atoms with Gasteiger partial charge in [0.1, 0.15) is 6.61 Å². The van der Waals surface area contributed by atoms with Gasteiger partial charge in [-0.05, 0) is 26.0 Å². The largest absolute Gasteiger partial charge is 0.462 e. The topological polar surface area (TPSA) is 44.8 Å². The van der Waals surface area contributed by atoms with E-state index in [-0.39, 0.29) is 18.9 Å². The van der Waals surface area contributed by atoms with Crippen LogP contribution < -0.4 is 0 Å². The van der Waals surface area contributed by atoms with E-state index in [9.17, 15) is 4.79 Å². The number of hydrogen-bond acceptors (Lipinski definition) is 4. The van der Waals surface area contributed by atoms with E-state index >= 15 is 0 Å². The third kappa shape index (κ3) is 7.76. The second kappa shape index (κ2) is 8.72. The molecule has 0 saturated carbocycles. The molecule has 0 aliphatic carbocycles. The zero-order chi connectivity index (χ0) is 10.8. The maximum atomic E-state index is 10.4. The third-order valence-electron chi connectivity index (χ3n) is 1.34. The van der Waals surface area contributed by atoms with Crippen molar-refractivity contribution in [1.29, 1.82) is 0 Å². The van der Waals surface area contributed by atoms with Crippen LogP contribution in [0.1, 0.15) is 20.8 Å². The van der Waals surface area contributed by atoms with E-state index in [1.165, 1.54) is 6.92 Å². The Bertz CT molecular complexity index is 171. The normalized spacial score (nSPS) is 11.1. The number of carbonyl (C=O) groups excluding carboxylic acids is 1. The minimum absolute atomic E-state index is 0.256. The number of ether oxygens (including phenoxy) is 3. The second-order valence-corrected chi connectivity index (χ2v) is 2.51. The fourth-order valence-electron chi connectivity index (χ4n) is 0.820. The van der Waals surface area contributed by atoms with Crippen molar-refractivity contribution < 1.29 is 19.0 Å². The molecular formula is C10H18O4. The van der Waals surface area contributed by atoms with Gasteiger partial charge in [-0.2, -0.15) is 0 Å². The van der Waals surface area contributed by atoms with Crippen molar-refractivity contribution in [3.63, 3.8) is 0 Å². The molecule has 4 nitrogen and oxygen atoms in total. The Morgan fingerprint density at radius 1 is 1.29 bits per heavy atom. The van der Waals surface area contributed by atoms with E-state index in [1.54, 1.807) is 12.2 Å². The van der Waals surface area contributed by atoms with Gasteiger partial charge in [0.25, 0.3) is 0 Å². The Balaban J connectivity index is 3.71. The molecule has 0 aromatic heterocycles. The monoisotopic (exact) mass is 202 g/mol. The van der Waals surface area contributed by atoms with Gasteiger partial charge in [0.2, 0.25) is 0 Å². The van der Waals surface area contributed by atoms with Gasteiger partial charge < -0.3 is 14.2 Å². The summed E-state index contributed by atoms with van der Waals surface area (Å²) < 4.78 is 15.2. The van der Waals surface area contributed by atoms with Crippen LogP contribution in [-0.4, -0.2) is 32.1 Å². The summed E-state index contributed by atoms with van der Waals surface area (Å²) in [6.07, 6.45) is 3.09. The summed E-state index contributed by atoms with van der Waals surface area (Å²) in [4.78, 5) is 10.4. The van der Waals surface area contributed by atoms with Crippen molar-refractivity contribution in [3.8, 4) is 0 Å². The SMILES string of the molecule is CCOC(C=CCOC(C)=O)OCC. The Kier molecular flexibility index (Phi) is 8.17. The van der Waals surface area contributed by atoms with Gasteiger partial charge in [-0.1, -0.05) is 0 Å². The minimum Gasteiger partial charge on any atom is -0.462 e. The van der Waals surface area contributed by atoms with Crippen LogP contribution in [0.3, 0.4) is 0 Å². The van der Waals surface area contributed by atoms with Gasteiger partial charge in [0.15, 0.2) is 6.29 Å². The molecule has 0 amide bonds. The zero-order valence-corrected chi connectivity index (χ0v) is 8.99. The average Bonchev–Trinajstić information content (AvgIpc) is 2.12. The van der Waals surface area contributed by atoms with Gasteiger partial charge in [-0.3, -0.25) is 4.79 Å². The highest BCUT2D eigenvalue weighted by Crippen LogP contribution is 1.97. The zero-order valence-electron chi connectivity index (χ0n) is 8.99. The van der Waals surface area contributed by atoms with Crippen LogP contribution in [0.2, 0.25) is 0 Å². The molecule has 0 atom stereocenters. The maximum absolute atomic E-state index is 10.4. The Hall–Kier alpha value is -0.870. The van der Waals surface area contributed by atoms with Crippen LogP contribution in [0.15, 0.2) is 12.2 Å². The van der Waals surface area contributed by atoms with E-state index in [1.807, 2.05) is 13.8 Å². The molecule has 0 spiro atoms. The summed E-state index contributed by atoms with van der Waals surface area (Å²) in [6, 6.07) is 0. The minimum atomic E-state index is -0.347. The quantitative estimate of drug-likeness (QED) is 0.356. The lowest BCUT2D eigenvalue weighted by atomic mass is 10.5. The van der Waals surface area contributed by atoms with Crippen molar-refractivity contribution >= 4 is 5.97 Å². The summed E-state index contributed by atoms with van der Waals surface area (Å²) >= 11 is 0. The van der Waals surface area contributed by atoms with Crippen LogP contribution in [0.25, 0.3) is 0 Å². The van der Waals surface area contributed by atoms with Gasteiger partial charge in [-0.15, -0.1) is 0 Å². The van der Waals surface area contributed by atoms with E-state index < -0.39 is 0 Å². The van der Waals surface area contributed by atoms with Gasteiger partial charge >= 0.3 is 5.97 Å². The van der Waals surface area contributed by atoms with Gasteiger partial charge in [0, 0.05) is 20.1 Å². The molecular weight excluding hydrogens is 184 g/mol. The predicted molar refractivity (Wildman–Crippen MR) is 52.8 cm³/mol. The summed E-state index contributed by atoms with van der Waals surface area (Å²) in [5.74, 6) is -0.293. The first-order valence-corrected chi connectivity index (χ1v) is 4.73. The molecule has 0 aliphatic heterocycles. The Morgan fingerprint density at radius 3 is 2.29 bits per heavy atom. The summed E-state index contributed by atoms with van der Waals surface area (Å²) in [6.45, 7) is 6.59. The molecule has 0 aromatic carbocycles. The molecule has 0 saturated heterocycles. The van der Waals surface area contributed by atoms with Gasteiger partial charge in [-0.25, -0.2) is 0 Å². The number of esters is 1. The van der Waals surface area contributed by atoms with Crippen molar-refractivity contribution in [3.05, 3.63) is 12.2 Å². The Labute approximate surface area is 84.8 Å². The molecule has 0 rings (SSSR count). The molecule has 0 unspecified atom stereocenters. The van der Waals surface area contributed by atoms with Crippen LogP contribution in [-0.2, 0) is 19.0 Å². The van der Waals surface area contributed by atoms with E-state index in [2.05, 4.69) is 0 Å². The first-order chi connectivity index (χ1) is 6.70. The van der Waals surface area contributed by atoms with Crippen LogP contribution >= 0.6 is 0 Å². The van der Waals surface area contributed by atoms with Crippen molar-refractivity contribution in [2.75, 3.05) is 19.8 Å². The third-order valence-corrected chi connectivity index (χ3v) is 1.34. The molecule has 0 aromatic rings. The highest BCUT2D eigenvalue weighted by molar-refractivity contribution is 5.65. The second-order valence-electron chi connectivity index (χ2n) is 2.51. The van der Waals surface area contributed by atoms with Crippen molar-refractivity contribution in [1.82, 2.24) is 0 Å². The van der Waals surface area contributed by atoms with Crippen LogP contribution in [0.4, 0.5) is 0 Å². The Morgan fingerprint density at radius 2 is 1.86 bits per heavy atom. The van der Waals surface area contributed by atoms with E-state index in [0.29, 0.717) is 13.2 Å². The molecule has 82 valence electrons. The molecule has 4 heteroatoms.